The zero-order chi connectivity index (χ0) is 7.44. The summed E-state index contributed by atoms with van der Waals surface area (Å²) in [4.78, 5) is 10.0. The fourth-order valence-corrected chi connectivity index (χ4v) is 5.06. The quantitative estimate of drug-likeness (QED) is 0.608. The van der Waals surface area contributed by atoms with Crippen molar-refractivity contribution in [1.29, 1.82) is 0 Å². The first kappa shape index (κ1) is 9.88. The van der Waals surface area contributed by atoms with Crippen LogP contribution in [0.25, 0.3) is 0 Å². The predicted octanol–water partition coefficient (Wildman–Crippen LogP) is 1.38. The van der Waals surface area contributed by atoms with Crippen molar-refractivity contribution in [2.75, 3.05) is 0 Å². The number of hydrogen-bond donors (Lipinski definition) is 1. The third kappa shape index (κ3) is 5.33. The van der Waals surface area contributed by atoms with Crippen LogP contribution in [0.3, 0.4) is 0 Å². The van der Waals surface area contributed by atoms with E-state index in [1.165, 1.54) is 0 Å². The molecule has 2 nitrogen and oxygen atoms in total. The molecule has 0 rings (SSSR count). The van der Waals surface area contributed by atoms with Crippen molar-refractivity contribution in [1.82, 2.24) is 0 Å². The van der Waals surface area contributed by atoms with Crippen LogP contribution in [0.4, 0.5) is 0 Å². The molecule has 0 saturated heterocycles. The van der Waals surface area contributed by atoms with Crippen LogP contribution >= 0.6 is 31.6 Å². The van der Waals surface area contributed by atoms with E-state index in [0.717, 1.165) is 0 Å². The van der Waals surface area contributed by atoms with E-state index in [1.54, 1.807) is 0 Å². The standard InChI is InChI=1S/C3H5Cl3GeO2/c4-2(3(8)9)1-7(5)6/h2,7H,1H2,(H,8,9). The van der Waals surface area contributed by atoms with Gasteiger partial charge in [0.05, 0.1) is 0 Å². The minimum absolute atomic E-state index is 0.257. The van der Waals surface area contributed by atoms with Gasteiger partial charge in [0.25, 0.3) is 0 Å². The molecular weight excluding hydrogens is 247 g/mol. The Morgan fingerprint density at radius 1 is 1.67 bits per heavy atom. The summed E-state index contributed by atoms with van der Waals surface area (Å²) in [7, 11) is 10.8. The summed E-state index contributed by atoms with van der Waals surface area (Å²) >= 11 is 3.03. The van der Waals surface area contributed by atoms with Gasteiger partial charge in [0.1, 0.15) is 0 Å². The van der Waals surface area contributed by atoms with Crippen molar-refractivity contribution < 1.29 is 9.90 Å². The molecule has 0 aromatic rings. The third-order valence-electron chi connectivity index (χ3n) is 0.653. The van der Waals surface area contributed by atoms with Gasteiger partial charge in [-0.15, -0.1) is 0 Å². The van der Waals surface area contributed by atoms with E-state index in [1.807, 2.05) is 0 Å². The van der Waals surface area contributed by atoms with Crippen molar-refractivity contribution in [3.05, 3.63) is 0 Å². The van der Waals surface area contributed by atoms with Crippen molar-refractivity contribution in [3.63, 3.8) is 0 Å². The van der Waals surface area contributed by atoms with Gasteiger partial charge in [-0.05, 0) is 0 Å². The molecule has 6 heteroatoms. The average molecular weight is 252 g/mol. The first-order valence-electron chi connectivity index (χ1n) is 2.19. The third-order valence-corrected chi connectivity index (χ3v) is 5.23. The molecular formula is C3H5Cl3GeO2. The zero-order valence-corrected chi connectivity index (χ0v) is 9.04. The first-order chi connectivity index (χ1) is 4.04. The molecule has 0 saturated carbocycles. The molecule has 0 aliphatic heterocycles. The maximum absolute atomic E-state index is 10.0. The molecule has 0 radical (unpaired) electrons. The summed E-state index contributed by atoms with van der Waals surface area (Å²) in [5.74, 6) is -1.05. The fraction of sp³-hybridized carbons (Fsp3) is 0.667. The van der Waals surface area contributed by atoms with Gasteiger partial charge in [-0.3, -0.25) is 0 Å². The number of carbonyl (C=O) groups is 1. The number of halogens is 3. The Morgan fingerprint density at radius 2 is 2.11 bits per heavy atom. The summed E-state index contributed by atoms with van der Waals surface area (Å²) in [6.07, 6.45) is 0. The normalized spacial score (nSPS) is 13.8. The summed E-state index contributed by atoms with van der Waals surface area (Å²) in [5, 5.41) is 7.57. The molecule has 54 valence electrons. The topological polar surface area (TPSA) is 37.3 Å². The van der Waals surface area contributed by atoms with Crippen molar-refractivity contribution >= 4 is 50.1 Å². The second-order valence-corrected chi connectivity index (χ2v) is 11.2. The zero-order valence-electron chi connectivity index (χ0n) is 4.35. The Labute approximate surface area is 70.6 Å². The van der Waals surface area contributed by atoms with Crippen LogP contribution in [0.5, 0.6) is 0 Å². The molecule has 1 atom stereocenters. The Kier molecular flexibility index (Phi) is 5.12. The van der Waals surface area contributed by atoms with E-state index in [4.69, 9.17) is 36.7 Å². The van der Waals surface area contributed by atoms with E-state index in [9.17, 15) is 4.79 Å². The first-order valence-corrected chi connectivity index (χ1v) is 10.7. The summed E-state index contributed by atoms with van der Waals surface area (Å²) in [6.45, 7) is 0. The number of alkyl halides is 1. The molecule has 0 heterocycles. The molecule has 9 heavy (non-hydrogen) atoms. The van der Waals surface area contributed by atoms with Gasteiger partial charge >= 0.3 is 70.6 Å². The Bertz CT molecular complexity index is 107. The summed E-state index contributed by atoms with van der Waals surface area (Å²) in [5.41, 5.74) is 0. The van der Waals surface area contributed by atoms with Gasteiger partial charge in [0.15, 0.2) is 0 Å². The average Bonchev–Trinajstić information content (AvgIpc) is 1.63. The predicted molar refractivity (Wildman–Crippen MR) is 40.9 cm³/mol. The van der Waals surface area contributed by atoms with Crippen LogP contribution in [-0.4, -0.2) is 28.9 Å². The number of aliphatic carboxylic acids is 1. The number of carboxylic acid groups (broad SMARTS) is 1. The van der Waals surface area contributed by atoms with Crippen LogP contribution in [-0.2, 0) is 4.79 Å². The monoisotopic (exact) mass is 252 g/mol. The van der Waals surface area contributed by atoms with Crippen molar-refractivity contribution in [2.45, 2.75) is 10.6 Å². The molecule has 0 aromatic heterocycles. The van der Waals surface area contributed by atoms with E-state index in [-0.39, 0.29) is 5.25 Å². The van der Waals surface area contributed by atoms with E-state index >= 15 is 0 Å². The number of hydrogen-bond acceptors (Lipinski definition) is 1. The second-order valence-electron chi connectivity index (χ2n) is 1.43. The molecule has 1 N–H and O–H groups in total. The van der Waals surface area contributed by atoms with Crippen molar-refractivity contribution in [2.24, 2.45) is 0 Å². The summed E-state index contributed by atoms with van der Waals surface area (Å²) < 4.78 is 0. The van der Waals surface area contributed by atoms with Gasteiger partial charge in [0.2, 0.25) is 0 Å². The van der Waals surface area contributed by atoms with Crippen molar-refractivity contribution in [3.8, 4) is 0 Å². The van der Waals surface area contributed by atoms with E-state index in [0.29, 0.717) is 0 Å². The fourth-order valence-electron chi connectivity index (χ4n) is 0.257. The molecule has 0 bridgehead atoms. The molecule has 0 amide bonds. The van der Waals surface area contributed by atoms with Gasteiger partial charge in [0, 0.05) is 0 Å². The number of carboxylic acids is 1. The molecule has 0 aliphatic rings. The van der Waals surface area contributed by atoms with Gasteiger partial charge in [-0.25, -0.2) is 0 Å². The van der Waals surface area contributed by atoms with Crippen LogP contribution < -0.4 is 0 Å². The van der Waals surface area contributed by atoms with Gasteiger partial charge in [-0.2, -0.15) is 0 Å². The van der Waals surface area contributed by atoms with Gasteiger partial charge < -0.3 is 0 Å². The summed E-state index contributed by atoms with van der Waals surface area (Å²) in [6, 6.07) is 0. The Hall–Kier alpha value is 0.883. The van der Waals surface area contributed by atoms with Crippen LogP contribution in [0.2, 0.25) is 5.25 Å². The minimum atomic E-state index is -2.25. The molecule has 0 fully saturated rings. The molecule has 0 aliphatic carbocycles. The Balaban J connectivity index is 3.50. The number of rotatable bonds is 3. The molecule has 1 unspecified atom stereocenters. The Morgan fingerprint density at radius 3 is 2.22 bits per heavy atom. The SMILES string of the molecule is O=C(O)C(Cl)[CH2][GeH]([Cl])[Cl]. The maximum atomic E-state index is 10.0. The molecule has 0 aromatic carbocycles. The molecule has 0 spiro atoms. The van der Waals surface area contributed by atoms with E-state index in [2.05, 4.69) is 0 Å². The van der Waals surface area contributed by atoms with E-state index < -0.39 is 23.8 Å². The van der Waals surface area contributed by atoms with Crippen LogP contribution in [0.1, 0.15) is 0 Å². The van der Waals surface area contributed by atoms with Gasteiger partial charge in [-0.1, -0.05) is 0 Å². The van der Waals surface area contributed by atoms with Crippen LogP contribution in [0.15, 0.2) is 0 Å². The van der Waals surface area contributed by atoms with Crippen LogP contribution in [0, 0.1) is 0 Å². The second kappa shape index (κ2) is 4.66.